The Hall–Kier alpha value is -3.49. The molecule has 2 amide bonds. The molecule has 5 rings (SSSR count). The van der Waals surface area contributed by atoms with Crippen LogP contribution in [0.1, 0.15) is 40.9 Å². The molecule has 0 aliphatic carbocycles. The third-order valence-electron chi connectivity index (χ3n) is 5.63. The minimum Gasteiger partial charge on any atom is -0.337 e. The fourth-order valence-corrected chi connectivity index (χ4v) is 4.10. The van der Waals surface area contributed by atoms with Crippen LogP contribution in [0, 0.1) is 0 Å². The molecule has 3 aromatic rings. The van der Waals surface area contributed by atoms with E-state index in [0.717, 1.165) is 30.0 Å². The molecule has 0 saturated carbocycles. The molecule has 2 atom stereocenters. The molecule has 1 aromatic carbocycles. The third-order valence-corrected chi connectivity index (χ3v) is 5.63. The maximum Gasteiger partial charge on any atom is 0.291 e. The van der Waals surface area contributed by atoms with Crippen LogP contribution >= 0.6 is 0 Å². The molecule has 9 nitrogen and oxygen atoms in total. The highest BCUT2D eigenvalue weighted by molar-refractivity contribution is 6.00. The quantitative estimate of drug-likeness (QED) is 0.723. The molecule has 2 aliphatic heterocycles. The molecule has 2 aliphatic rings. The van der Waals surface area contributed by atoms with Crippen molar-refractivity contribution in [3.63, 3.8) is 0 Å². The topological polar surface area (TPSA) is 97.9 Å². The Balaban J connectivity index is 1.34. The predicted octanol–water partition coefficient (Wildman–Crippen LogP) is 1.18. The van der Waals surface area contributed by atoms with Crippen molar-refractivity contribution in [1.82, 2.24) is 29.9 Å². The summed E-state index contributed by atoms with van der Waals surface area (Å²) in [6, 6.07) is 11.3. The number of hydrogen-bond donors (Lipinski definition) is 1. The minimum absolute atomic E-state index is 0.0860. The van der Waals surface area contributed by atoms with Crippen LogP contribution in [0.5, 0.6) is 0 Å². The lowest BCUT2D eigenvalue weighted by Gasteiger charge is -2.19. The first-order chi connectivity index (χ1) is 14.1. The lowest BCUT2D eigenvalue weighted by Crippen LogP contribution is -2.47. The molecular formula is C20H21N7O2. The molecule has 29 heavy (non-hydrogen) atoms. The third kappa shape index (κ3) is 2.98. The summed E-state index contributed by atoms with van der Waals surface area (Å²) in [6.07, 6.45) is 3.81. The van der Waals surface area contributed by atoms with Crippen molar-refractivity contribution < 1.29 is 9.59 Å². The fraction of sp³-hybridized carbons (Fsp3) is 0.350. The normalized spacial score (nSPS) is 20.9. The van der Waals surface area contributed by atoms with Gasteiger partial charge < -0.3 is 5.32 Å². The first-order valence-corrected chi connectivity index (χ1v) is 9.72. The molecule has 0 fully saturated rings. The molecule has 0 radical (unpaired) electrons. The number of anilines is 1. The predicted molar refractivity (Wildman–Crippen MR) is 104 cm³/mol. The van der Waals surface area contributed by atoms with E-state index in [2.05, 4.69) is 32.6 Å². The first-order valence-electron chi connectivity index (χ1n) is 9.72. The summed E-state index contributed by atoms with van der Waals surface area (Å²) in [7, 11) is 1.69. The van der Waals surface area contributed by atoms with E-state index < -0.39 is 11.9 Å². The molecule has 0 unspecified atom stereocenters. The van der Waals surface area contributed by atoms with Crippen LogP contribution < -0.4 is 10.2 Å². The number of likely N-dealkylation sites (N-methyl/N-ethyl adjacent to an activating group) is 1. The number of nitrogens with zero attached hydrogens (tertiary/aromatic N) is 6. The largest absolute Gasteiger partial charge is 0.337 e. The Morgan fingerprint density at radius 1 is 1.17 bits per heavy atom. The van der Waals surface area contributed by atoms with Crippen molar-refractivity contribution in [3.05, 3.63) is 59.8 Å². The van der Waals surface area contributed by atoms with Crippen LogP contribution in [0.2, 0.25) is 0 Å². The molecule has 0 spiro atoms. The van der Waals surface area contributed by atoms with E-state index in [4.69, 9.17) is 0 Å². The lowest BCUT2D eigenvalue weighted by molar-refractivity contribution is -0.120. The van der Waals surface area contributed by atoms with Crippen molar-refractivity contribution >= 4 is 17.6 Å². The van der Waals surface area contributed by atoms with Gasteiger partial charge in [0.25, 0.3) is 11.8 Å². The van der Waals surface area contributed by atoms with E-state index in [1.54, 1.807) is 24.0 Å². The van der Waals surface area contributed by atoms with Crippen molar-refractivity contribution in [2.75, 3.05) is 11.9 Å². The van der Waals surface area contributed by atoms with Crippen LogP contribution in [0.3, 0.4) is 0 Å². The average Bonchev–Trinajstić information content (AvgIpc) is 3.44. The Labute approximate surface area is 167 Å². The number of rotatable bonds is 3. The Morgan fingerprint density at radius 3 is 2.83 bits per heavy atom. The summed E-state index contributed by atoms with van der Waals surface area (Å²) in [4.78, 5) is 31.5. The second kappa shape index (κ2) is 6.84. The molecule has 9 heteroatoms. The number of aryl methyl sites for hydroxylation is 2. The smallest absolute Gasteiger partial charge is 0.291 e. The van der Waals surface area contributed by atoms with E-state index in [-0.39, 0.29) is 17.8 Å². The second-order valence-electron chi connectivity index (χ2n) is 7.39. The summed E-state index contributed by atoms with van der Waals surface area (Å²) in [5.74, 6) is 1.03. The second-order valence-corrected chi connectivity index (χ2v) is 7.39. The average molecular weight is 391 g/mol. The number of fused-ring (bicyclic) bond motifs is 2. The number of aromatic nitrogens is 5. The first kappa shape index (κ1) is 17.6. The molecule has 1 N–H and O–H groups in total. The zero-order valence-electron chi connectivity index (χ0n) is 16.0. The highest BCUT2D eigenvalue weighted by atomic mass is 16.2. The Kier molecular flexibility index (Phi) is 4.15. The SMILES string of the molecule is CN1C(=O)[C@@H](NC(=O)c2nc3n(n2)[C@H](c2ccccc2)CC3)CCn2nccc21. The van der Waals surface area contributed by atoms with Gasteiger partial charge in [0.05, 0.1) is 12.2 Å². The molecule has 2 aromatic heterocycles. The summed E-state index contributed by atoms with van der Waals surface area (Å²) in [5, 5.41) is 11.5. The summed E-state index contributed by atoms with van der Waals surface area (Å²) < 4.78 is 3.60. The van der Waals surface area contributed by atoms with Crippen LogP contribution in [-0.2, 0) is 17.8 Å². The number of nitrogens with one attached hydrogen (secondary N) is 1. The van der Waals surface area contributed by atoms with Crippen molar-refractivity contribution in [2.24, 2.45) is 0 Å². The van der Waals surface area contributed by atoms with Gasteiger partial charge in [0.1, 0.15) is 17.7 Å². The van der Waals surface area contributed by atoms with Gasteiger partial charge in [-0.25, -0.2) is 14.3 Å². The van der Waals surface area contributed by atoms with Crippen LogP contribution in [0.15, 0.2) is 42.6 Å². The van der Waals surface area contributed by atoms with E-state index in [0.29, 0.717) is 13.0 Å². The summed E-state index contributed by atoms with van der Waals surface area (Å²) >= 11 is 0. The van der Waals surface area contributed by atoms with Gasteiger partial charge in [-0.1, -0.05) is 30.3 Å². The van der Waals surface area contributed by atoms with Gasteiger partial charge in [0.2, 0.25) is 5.82 Å². The zero-order valence-corrected chi connectivity index (χ0v) is 16.0. The number of hydrogen-bond acceptors (Lipinski definition) is 5. The van der Waals surface area contributed by atoms with Gasteiger partial charge in [-0.15, -0.1) is 5.10 Å². The van der Waals surface area contributed by atoms with E-state index in [1.165, 1.54) is 4.90 Å². The number of carbonyl (C=O) groups excluding carboxylic acids is 2. The monoisotopic (exact) mass is 391 g/mol. The lowest BCUT2D eigenvalue weighted by atomic mass is 10.1. The van der Waals surface area contributed by atoms with Gasteiger partial charge in [-0.05, 0) is 18.4 Å². The van der Waals surface area contributed by atoms with Gasteiger partial charge in [-0.2, -0.15) is 5.10 Å². The van der Waals surface area contributed by atoms with Crippen molar-refractivity contribution in [2.45, 2.75) is 37.9 Å². The van der Waals surface area contributed by atoms with Crippen molar-refractivity contribution in [3.8, 4) is 0 Å². The summed E-state index contributed by atoms with van der Waals surface area (Å²) in [5.41, 5.74) is 1.15. The Bertz CT molecular complexity index is 1070. The fourth-order valence-electron chi connectivity index (χ4n) is 4.10. The van der Waals surface area contributed by atoms with Crippen LogP contribution in [-0.4, -0.2) is 49.4 Å². The molecule has 148 valence electrons. The van der Waals surface area contributed by atoms with E-state index in [9.17, 15) is 9.59 Å². The van der Waals surface area contributed by atoms with Crippen LogP contribution in [0.4, 0.5) is 5.82 Å². The molecule has 4 heterocycles. The molecular weight excluding hydrogens is 370 g/mol. The van der Waals surface area contributed by atoms with Gasteiger partial charge >= 0.3 is 0 Å². The molecule has 0 saturated heterocycles. The maximum absolute atomic E-state index is 12.8. The minimum atomic E-state index is -0.641. The van der Waals surface area contributed by atoms with Crippen molar-refractivity contribution in [1.29, 1.82) is 0 Å². The highest BCUT2D eigenvalue weighted by Gasteiger charge is 2.33. The van der Waals surface area contributed by atoms with Gasteiger partial charge in [-0.3, -0.25) is 14.5 Å². The Morgan fingerprint density at radius 2 is 2.00 bits per heavy atom. The highest BCUT2D eigenvalue weighted by Crippen LogP contribution is 2.30. The van der Waals surface area contributed by atoms with E-state index >= 15 is 0 Å². The number of carbonyl (C=O) groups is 2. The molecule has 0 bridgehead atoms. The van der Waals surface area contributed by atoms with E-state index in [1.807, 2.05) is 22.9 Å². The zero-order chi connectivity index (χ0) is 20.0. The number of amides is 2. The summed E-state index contributed by atoms with van der Waals surface area (Å²) in [6.45, 7) is 0.548. The van der Waals surface area contributed by atoms with Gasteiger partial charge in [0, 0.05) is 26.1 Å². The number of benzene rings is 1. The van der Waals surface area contributed by atoms with Gasteiger partial charge in [0.15, 0.2) is 0 Å². The van der Waals surface area contributed by atoms with Crippen LogP contribution in [0.25, 0.3) is 0 Å². The standard InChI is InChI=1S/C20H21N7O2/c1-25-17-9-11-21-26(17)12-10-14(20(25)29)22-19(28)18-23-16-8-7-15(27(16)24-18)13-5-3-2-4-6-13/h2-6,9,11,14-15H,7-8,10,12H2,1H3,(H,22,28)/t14-,15-/m0/s1. The maximum atomic E-state index is 12.8.